The Hall–Kier alpha value is -1.43. The molecule has 0 saturated carbocycles. The number of aliphatic hydroxyl groups is 1. The molecule has 126 valence electrons. The minimum atomic E-state index is -0.211. The highest BCUT2D eigenvalue weighted by Crippen LogP contribution is 2.33. The SMILES string of the molecule is NCCCNC(=O)c1ccc(CC2C(O)C3CCN2CC3)cc1. The predicted molar refractivity (Wildman–Crippen MR) is 90.2 cm³/mol. The number of piperidine rings is 3. The first-order chi connectivity index (χ1) is 11.2. The summed E-state index contributed by atoms with van der Waals surface area (Å²) in [6.45, 7) is 3.41. The average Bonchev–Trinajstić information content (AvgIpc) is 2.59. The number of nitrogens with two attached hydrogens (primary N) is 1. The van der Waals surface area contributed by atoms with Gasteiger partial charge in [0.1, 0.15) is 0 Å². The number of fused-ring (bicyclic) bond motifs is 3. The molecular formula is C18H27N3O2. The van der Waals surface area contributed by atoms with Gasteiger partial charge in [-0.1, -0.05) is 12.1 Å². The summed E-state index contributed by atoms with van der Waals surface area (Å²) in [5, 5.41) is 13.3. The number of amides is 1. The van der Waals surface area contributed by atoms with Crippen molar-refractivity contribution >= 4 is 5.91 Å². The number of hydrogen-bond donors (Lipinski definition) is 3. The summed E-state index contributed by atoms with van der Waals surface area (Å²) in [4.78, 5) is 14.4. The fourth-order valence-corrected chi connectivity index (χ4v) is 3.81. The van der Waals surface area contributed by atoms with Crippen LogP contribution in [0.2, 0.25) is 0 Å². The smallest absolute Gasteiger partial charge is 0.251 e. The molecule has 2 unspecified atom stereocenters. The monoisotopic (exact) mass is 317 g/mol. The Kier molecular flexibility index (Phi) is 5.30. The maximum atomic E-state index is 12.0. The van der Waals surface area contributed by atoms with E-state index in [1.54, 1.807) is 0 Å². The molecule has 0 aromatic heterocycles. The van der Waals surface area contributed by atoms with Gasteiger partial charge in [-0.25, -0.2) is 0 Å². The zero-order valence-electron chi connectivity index (χ0n) is 13.6. The van der Waals surface area contributed by atoms with E-state index in [9.17, 15) is 9.90 Å². The van der Waals surface area contributed by atoms with Gasteiger partial charge in [-0.2, -0.15) is 0 Å². The van der Waals surface area contributed by atoms with Gasteiger partial charge in [0, 0.05) is 18.2 Å². The molecule has 3 heterocycles. The van der Waals surface area contributed by atoms with Crippen LogP contribution >= 0.6 is 0 Å². The summed E-state index contributed by atoms with van der Waals surface area (Å²) in [5.41, 5.74) is 7.28. The Morgan fingerprint density at radius 1 is 1.26 bits per heavy atom. The minimum absolute atomic E-state index is 0.0505. The molecule has 5 heteroatoms. The number of nitrogens with zero attached hydrogens (tertiary/aromatic N) is 1. The van der Waals surface area contributed by atoms with Gasteiger partial charge in [-0.05, 0) is 68.9 Å². The Morgan fingerprint density at radius 3 is 2.57 bits per heavy atom. The second-order valence-electron chi connectivity index (χ2n) is 6.73. The molecule has 0 aliphatic carbocycles. The topological polar surface area (TPSA) is 78.6 Å². The van der Waals surface area contributed by atoms with Crippen molar-refractivity contribution in [3.8, 4) is 0 Å². The van der Waals surface area contributed by atoms with Crippen LogP contribution in [0.15, 0.2) is 24.3 Å². The van der Waals surface area contributed by atoms with E-state index < -0.39 is 0 Å². The van der Waals surface area contributed by atoms with Gasteiger partial charge >= 0.3 is 0 Å². The Morgan fingerprint density at radius 2 is 1.96 bits per heavy atom. The maximum absolute atomic E-state index is 12.0. The molecular weight excluding hydrogens is 290 g/mol. The number of rotatable bonds is 6. The summed E-state index contributed by atoms with van der Waals surface area (Å²) in [6.07, 6.45) is 3.68. The molecule has 4 rings (SSSR count). The first kappa shape index (κ1) is 16.4. The van der Waals surface area contributed by atoms with Gasteiger partial charge in [-0.3, -0.25) is 9.69 Å². The third-order valence-corrected chi connectivity index (χ3v) is 5.25. The second-order valence-corrected chi connectivity index (χ2v) is 6.73. The highest BCUT2D eigenvalue weighted by molar-refractivity contribution is 5.94. The number of nitrogens with one attached hydrogen (secondary N) is 1. The van der Waals surface area contributed by atoms with Gasteiger partial charge in [0.2, 0.25) is 0 Å². The zero-order valence-corrected chi connectivity index (χ0v) is 13.6. The maximum Gasteiger partial charge on any atom is 0.251 e. The van der Waals surface area contributed by atoms with Crippen LogP contribution < -0.4 is 11.1 Å². The lowest BCUT2D eigenvalue weighted by Crippen LogP contribution is -2.58. The summed E-state index contributed by atoms with van der Waals surface area (Å²) in [5.74, 6) is 0.420. The van der Waals surface area contributed by atoms with E-state index in [1.165, 1.54) is 5.56 Å². The standard InChI is InChI=1S/C18H27N3O2/c19-8-1-9-20-18(23)15-4-2-13(3-5-15)12-16-17(22)14-6-10-21(16)11-7-14/h2-5,14,16-17,22H,1,6-12,19H2,(H,20,23). The quantitative estimate of drug-likeness (QED) is 0.677. The second kappa shape index (κ2) is 7.43. The molecule has 5 nitrogen and oxygen atoms in total. The number of hydrogen-bond acceptors (Lipinski definition) is 4. The van der Waals surface area contributed by atoms with E-state index in [0.29, 0.717) is 24.6 Å². The van der Waals surface area contributed by atoms with Crippen LogP contribution in [0.25, 0.3) is 0 Å². The lowest BCUT2D eigenvalue weighted by molar-refractivity contribution is -0.0715. The predicted octanol–water partition coefficient (Wildman–Crippen LogP) is 0.763. The molecule has 23 heavy (non-hydrogen) atoms. The molecule has 3 fully saturated rings. The molecule has 3 saturated heterocycles. The van der Waals surface area contributed by atoms with Crippen molar-refractivity contribution in [3.05, 3.63) is 35.4 Å². The van der Waals surface area contributed by atoms with Crippen LogP contribution in [0.4, 0.5) is 0 Å². The van der Waals surface area contributed by atoms with Gasteiger partial charge < -0.3 is 16.2 Å². The average molecular weight is 317 g/mol. The molecule has 0 radical (unpaired) electrons. The van der Waals surface area contributed by atoms with Crippen LogP contribution in [0.1, 0.15) is 35.2 Å². The normalized spacial score (nSPS) is 29.5. The van der Waals surface area contributed by atoms with Crippen LogP contribution in [-0.2, 0) is 6.42 Å². The number of aliphatic hydroxyl groups excluding tert-OH is 1. The van der Waals surface area contributed by atoms with E-state index in [2.05, 4.69) is 10.2 Å². The molecule has 2 bridgehead atoms. The zero-order chi connectivity index (χ0) is 16.2. The van der Waals surface area contributed by atoms with Crippen molar-refractivity contribution in [3.63, 3.8) is 0 Å². The van der Waals surface area contributed by atoms with Crippen molar-refractivity contribution in [2.75, 3.05) is 26.2 Å². The van der Waals surface area contributed by atoms with Crippen LogP contribution in [0.3, 0.4) is 0 Å². The molecule has 1 aromatic rings. The van der Waals surface area contributed by atoms with E-state index in [-0.39, 0.29) is 18.1 Å². The molecule has 4 N–H and O–H groups in total. The van der Waals surface area contributed by atoms with Crippen molar-refractivity contribution in [2.45, 2.75) is 37.8 Å². The lowest BCUT2D eigenvalue weighted by Gasteiger charge is -2.49. The van der Waals surface area contributed by atoms with Crippen molar-refractivity contribution in [2.24, 2.45) is 11.7 Å². The third-order valence-electron chi connectivity index (χ3n) is 5.25. The van der Waals surface area contributed by atoms with Crippen molar-refractivity contribution in [1.82, 2.24) is 10.2 Å². The third kappa shape index (κ3) is 3.74. The van der Waals surface area contributed by atoms with Crippen LogP contribution in [-0.4, -0.2) is 54.2 Å². The summed E-state index contributed by atoms with van der Waals surface area (Å²) in [7, 11) is 0. The Labute approximate surface area is 137 Å². The van der Waals surface area contributed by atoms with Crippen molar-refractivity contribution in [1.29, 1.82) is 0 Å². The minimum Gasteiger partial charge on any atom is -0.391 e. The molecule has 0 spiro atoms. The van der Waals surface area contributed by atoms with E-state index in [4.69, 9.17) is 5.73 Å². The molecule has 2 atom stereocenters. The van der Waals surface area contributed by atoms with Crippen LogP contribution in [0, 0.1) is 5.92 Å². The first-order valence-electron chi connectivity index (χ1n) is 8.68. The first-order valence-corrected chi connectivity index (χ1v) is 8.68. The molecule has 1 amide bonds. The van der Waals surface area contributed by atoms with Gasteiger partial charge in [0.25, 0.3) is 5.91 Å². The van der Waals surface area contributed by atoms with Crippen LogP contribution in [0.5, 0.6) is 0 Å². The van der Waals surface area contributed by atoms with Gasteiger partial charge in [0.05, 0.1) is 6.10 Å². The lowest BCUT2D eigenvalue weighted by atomic mass is 9.78. The van der Waals surface area contributed by atoms with E-state index in [1.807, 2.05) is 24.3 Å². The largest absolute Gasteiger partial charge is 0.391 e. The summed E-state index contributed by atoms with van der Waals surface area (Å²) < 4.78 is 0. The number of benzene rings is 1. The molecule has 1 aromatic carbocycles. The summed E-state index contributed by atoms with van der Waals surface area (Å²) in [6, 6.07) is 7.99. The van der Waals surface area contributed by atoms with Crippen molar-refractivity contribution < 1.29 is 9.90 Å². The highest BCUT2D eigenvalue weighted by Gasteiger charge is 2.40. The molecule has 3 aliphatic rings. The Balaban J connectivity index is 1.58. The fourth-order valence-electron chi connectivity index (χ4n) is 3.81. The fraction of sp³-hybridized carbons (Fsp3) is 0.611. The number of carbonyl (C=O) groups is 1. The van der Waals surface area contributed by atoms with Gasteiger partial charge in [-0.15, -0.1) is 0 Å². The highest BCUT2D eigenvalue weighted by atomic mass is 16.3. The van der Waals surface area contributed by atoms with E-state index >= 15 is 0 Å². The Bertz CT molecular complexity index is 522. The number of carbonyl (C=O) groups excluding carboxylic acids is 1. The van der Waals surface area contributed by atoms with Gasteiger partial charge in [0.15, 0.2) is 0 Å². The summed E-state index contributed by atoms with van der Waals surface area (Å²) >= 11 is 0. The van der Waals surface area contributed by atoms with E-state index in [0.717, 1.165) is 38.8 Å². The molecule has 3 aliphatic heterocycles.